The van der Waals surface area contributed by atoms with Gasteiger partial charge in [0.15, 0.2) is 0 Å². The molecule has 0 unspecified atom stereocenters. The average molecular weight is 340 g/mol. The molecule has 1 fully saturated rings. The van der Waals surface area contributed by atoms with Gasteiger partial charge in [-0.3, -0.25) is 9.69 Å². The molecule has 25 heavy (non-hydrogen) atoms. The van der Waals surface area contributed by atoms with E-state index in [1.807, 2.05) is 24.9 Å². The summed E-state index contributed by atoms with van der Waals surface area (Å²) in [7, 11) is 3.67. The summed E-state index contributed by atoms with van der Waals surface area (Å²) in [6, 6.07) is 6.73. The summed E-state index contributed by atoms with van der Waals surface area (Å²) < 4.78 is 2.00. The molecule has 0 atom stereocenters. The van der Waals surface area contributed by atoms with Crippen molar-refractivity contribution in [3.63, 3.8) is 0 Å². The molecule has 134 valence electrons. The van der Waals surface area contributed by atoms with Crippen molar-refractivity contribution in [2.75, 3.05) is 27.2 Å². The Hall–Kier alpha value is -2.14. The molecular weight excluding hydrogens is 312 g/mol. The fourth-order valence-corrected chi connectivity index (χ4v) is 4.01. The van der Waals surface area contributed by atoms with Crippen LogP contribution < -0.4 is 0 Å². The molecule has 1 aliphatic rings. The van der Waals surface area contributed by atoms with Gasteiger partial charge in [0.2, 0.25) is 5.91 Å². The SMILES string of the molecule is Cc1cc(C)cc(CN2CCC(C(=O)N(C)C)(n3ccnc3)CC2)c1. The second kappa shape index (κ2) is 7.00. The molecular formula is C20H28N4O. The predicted octanol–water partition coefficient (Wildman–Crippen LogP) is 2.58. The van der Waals surface area contributed by atoms with Gasteiger partial charge in [0, 0.05) is 46.1 Å². The van der Waals surface area contributed by atoms with Crippen LogP contribution in [0, 0.1) is 13.8 Å². The van der Waals surface area contributed by atoms with Crippen molar-refractivity contribution in [1.29, 1.82) is 0 Å². The van der Waals surface area contributed by atoms with Crippen LogP contribution >= 0.6 is 0 Å². The minimum atomic E-state index is -0.501. The Morgan fingerprint density at radius 1 is 1.16 bits per heavy atom. The van der Waals surface area contributed by atoms with Gasteiger partial charge in [-0.2, -0.15) is 0 Å². The lowest BCUT2D eigenvalue weighted by Crippen LogP contribution is -2.54. The minimum Gasteiger partial charge on any atom is -0.347 e. The van der Waals surface area contributed by atoms with E-state index in [4.69, 9.17) is 0 Å². The van der Waals surface area contributed by atoms with E-state index in [2.05, 4.69) is 41.9 Å². The normalized spacial score (nSPS) is 17.4. The maximum absolute atomic E-state index is 12.9. The van der Waals surface area contributed by atoms with Gasteiger partial charge in [-0.05, 0) is 32.3 Å². The number of hydrogen-bond acceptors (Lipinski definition) is 3. The van der Waals surface area contributed by atoms with Crippen molar-refractivity contribution in [3.8, 4) is 0 Å². The molecule has 0 spiro atoms. The van der Waals surface area contributed by atoms with Crippen molar-refractivity contribution in [2.45, 2.75) is 38.8 Å². The largest absolute Gasteiger partial charge is 0.347 e. The molecule has 2 aromatic rings. The molecule has 0 radical (unpaired) electrons. The summed E-state index contributed by atoms with van der Waals surface area (Å²) >= 11 is 0. The number of aryl methyl sites for hydroxylation is 2. The smallest absolute Gasteiger partial charge is 0.248 e. The van der Waals surface area contributed by atoms with Gasteiger partial charge in [0.25, 0.3) is 0 Å². The van der Waals surface area contributed by atoms with Gasteiger partial charge >= 0.3 is 0 Å². The van der Waals surface area contributed by atoms with Crippen LogP contribution in [0.4, 0.5) is 0 Å². The molecule has 3 rings (SSSR count). The van der Waals surface area contributed by atoms with E-state index < -0.39 is 5.54 Å². The summed E-state index contributed by atoms with van der Waals surface area (Å²) in [5, 5.41) is 0. The Kier molecular flexibility index (Phi) is 4.95. The zero-order chi connectivity index (χ0) is 18.0. The zero-order valence-electron chi connectivity index (χ0n) is 15.7. The lowest BCUT2D eigenvalue weighted by atomic mass is 9.85. The summed E-state index contributed by atoms with van der Waals surface area (Å²) in [4.78, 5) is 21.3. The molecule has 1 saturated heterocycles. The monoisotopic (exact) mass is 340 g/mol. The zero-order valence-corrected chi connectivity index (χ0v) is 15.7. The third-order valence-corrected chi connectivity index (χ3v) is 5.17. The third-order valence-electron chi connectivity index (χ3n) is 5.17. The van der Waals surface area contributed by atoms with E-state index in [0.717, 1.165) is 32.5 Å². The van der Waals surface area contributed by atoms with Crippen molar-refractivity contribution >= 4 is 5.91 Å². The van der Waals surface area contributed by atoms with Crippen LogP contribution in [0.1, 0.15) is 29.5 Å². The summed E-state index contributed by atoms with van der Waals surface area (Å²) in [6.45, 7) is 7.05. The number of likely N-dealkylation sites (N-methyl/N-ethyl adjacent to an activating group) is 1. The number of likely N-dealkylation sites (tertiary alicyclic amines) is 1. The van der Waals surface area contributed by atoms with Crippen molar-refractivity contribution in [2.24, 2.45) is 0 Å². The fourth-order valence-electron chi connectivity index (χ4n) is 4.01. The van der Waals surface area contributed by atoms with Crippen LogP contribution in [0.2, 0.25) is 0 Å². The second-order valence-corrected chi connectivity index (χ2v) is 7.47. The van der Waals surface area contributed by atoms with E-state index in [0.29, 0.717) is 0 Å². The second-order valence-electron chi connectivity index (χ2n) is 7.47. The lowest BCUT2D eigenvalue weighted by Gasteiger charge is -2.42. The Morgan fingerprint density at radius 2 is 1.80 bits per heavy atom. The third kappa shape index (κ3) is 3.61. The van der Waals surface area contributed by atoms with Crippen LogP contribution in [-0.4, -0.2) is 52.4 Å². The van der Waals surface area contributed by atoms with Gasteiger partial charge in [0.05, 0.1) is 6.33 Å². The number of benzene rings is 1. The number of rotatable bonds is 4. The van der Waals surface area contributed by atoms with E-state index in [1.54, 1.807) is 17.4 Å². The Labute approximate surface area is 150 Å². The first-order valence-corrected chi connectivity index (χ1v) is 8.90. The van der Waals surface area contributed by atoms with E-state index in [9.17, 15) is 4.79 Å². The number of amides is 1. The van der Waals surface area contributed by atoms with Crippen molar-refractivity contribution in [1.82, 2.24) is 19.4 Å². The Balaban J connectivity index is 1.75. The summed E-state index contributed by atoms with van der Waals surface area (Å²) in [5.41, 5.74) is 3.47. The lowest BCUT2D eigenvalue weighted by molar-refractivity contribution is -0.141. The first kappa shape index (κ1) is 17.7. The van der Waals surface area contributed by atoms with Gasteiger partial charge in [-0.25, -0.2) is 4.98 Å². The topological polar surface area (TPSA) is 41.4 Å². The summed E-state index contributed by atoms with van der Waals surface area (Å²) in [5.74, 6) is 0.163. The van der Waals surface area contributed by atoms with E-state index in [-0.39, 0.29) is 5.91 Å². The Morgan fingerprint density at radius 3 is 2.32 bits per heavy atom. The van der Waals surface area contributed by atoms with E-state index in [1.165, 1.54) is 16.7 Å². The van der Waals surface area contributed by atoms with Crippen LogP contribution in [0.15, 0.2) is 36.9 Å². The minimum absolute atomic E-state index is 0.163. The van der Waals surface area contributed by atoms with Gasteiger partial charge < -0.3 is 9.47 Å². The summed E-state index contributed by atoms with van der Waals surface area (Å²) in [6.07, 6.45) is 7.07. The number of imidazole rings is 1. The van der Waals surface area contributed by atoms with Crippen LogP contribution in [0.25, 0.3) is 0 Å². The molecule has 2 heterocycles. The van der Waals surface area contributed by atoms with Gasteiger partial charge in [-0.15, -0.1) is 0 Å². The molecule has 1 aliphatic heterocycles. The maximum atomic E-state index is 12.9. The first-order chi connectivity index (χ1) is 11.9. The van der Waals surface area contributed by atoms with E-state index >= 15 is 0 Å². The van der Waals surface area contributed by atoms with Crippen LogP contribution in [0.3, 0.4) is 0 Å². The van der Waals surface area contributed by atoms with Gasteiger partial charge in [0.1, 0.15) is 5.54 Å². The fraction of sp³-hybridized carbons (Fsp3) is 0.500. The number of nitrogens with zero attached hydrogens (tertiary/aromatic N) is 4. The molecule has 5 nitrogen and oxygen atoms in total. The number of carbonyl (C=O) groups is 1. The molecule has 0 N–H and O–H groups in total. The highest BCUT2D eigenvalue weighted by molar-refractivity contribution is 5.84. The average Bonchev–Trinajstić information content (AvgIpc) is 3.09. The van der Waals surface area contributed by atoms with Gasteiger partial charge in [-0.1, -0.05) is 29.3 Å². The van der Waals surface area contributed by atoms with Crippen LogP contribution in [0.5, 0.6) is 0 Å². The van der Waals surface area contributed by atoms with Crippen molar-refractivity contribution in [3.05, 3.63) is 53.6 Å². The quantitative estimate of drug-likeness (QED) is 0.859. The first-order valence-electron chi connectivity index (χ1n) is 8.90. The standard InChI is InChI=1S/C20H28N4O/c1-16-11-17(2)13-18(12-16)14-23-8-5-20(6-9-23,19(25)22(3)4)24-10-7-21-15-24/h7,10-13,15H,5-6,8-9,14H2,1-4H3. The molecule has 1 aromatic heterocycles. The molecule has 1 aromatic carbocycles. The predicted molar refractivity (Wildman–Crippen MR) is 99.3 cm³/mol. The highest BCUT2D eigenvalue weighted by Crippen LogP contribution is 2.32. The number of hydrogen-bond donors (Lipinski definition) is 0. The molecule has 0 aliphatic carbocycles. The highest BCUT2D eigenvalue weighted by atomic mass is 16.2. The molecule has 1 amide bonds. The number of aromatic nitrogens is 2. The van der Waals surface area contributed by atoms with Crippen molar-refractivity contribution < 1.29 is 4.79 Å². The Bertz CT molecular complexity index is 708. The highest BCUT2D eigenvalue weighted by Gasteiger charge is 2.43. The molecule has 5 heteroatoms. The number of piperidine rings is 1. The van der Waals surface area contributed by atoms with Crippen LogP contribution in [-0.2, 0) is 16.9 Å². The molecule has 0 saturated carbocycles. The number of carbonyl (C=O) groups excluding carboxylic acids is 1. The maximum Gasteiger partial charge on any atom is 0.248 e. The molecule has 0 bridgehead atoms.